The van der Waals surface area contributed by atoms with Gasteiger partial charge in [-0.1, -0.05) is 28.1 Å². The number of hydrogen-bond donors (Lipinski definition) is 3. The Morgan fingerprint density at radius 1 is 1.00 bits per heavy atom. The fourth-order valence-corrected chi connectivity index (χ4v) is 3.54. The standard InChI is InChI=1S/C19H22BrN3O5S/c1-13-3-4-14(2)17(11-13)28-12-19(25)23-22-18(24)9-10-21-29(26,27)16-7-5-15(20)6-8-16/h3-8,11,21H,9-10,12H2,1-2H3,(H,22,24)(H,23,25). The number of halogens is 1. The molecule has 0 radical (unpaired) electrons. The van der Waals surface area contributed by atoms with Crippen LogP contribution in [0.5, 0.6) is 5.75 Å². The van der Waals surface area contributed by atoms with Crippen molar-refractivity contribution in [3.63, 3.8) is 0 Å². The van der Waals surface area contributed by atoms with Crippen molar-refractivity contribution in [2.75, 3.05) is 13.2 Å². The third-order valence-corrected chi connectivity index (χ3v) is 5.82. The van der Waals surface area contributed by atoms with Crippen LogP contribution in [0.15, 0.2) is 51.8 Å². The molecule has 3 N–H and O–H groups in total. The van der Waals surface area contributed by atoms with Gasteiger partial charge in [0.2, 0.25) is 15.9 Å². The minimum absolute atomic E-state index is 0.0954. The minimum Gasteiger partial charge on any atom is -0.483 e. The molecule has 0 saturated heterocycles. The van der Waals surface area contributed by atoms with Gasteiger partial charge in [-0.25, -0.2) is 13.1 Å². The molecule has 0 atom stereocenters. The van der Waals surface area contributed by atoms with Crippen LogP contribution in [0.3, 0.4) is 0 Å². The van der Waals surface area contributed by atoms with Gasteiger partial charge >= 0.3 is 0 Å². The zero-order chi connectivity index (χ0) is 21.4. The smallest absolute Gasteiger partial charge is 0.276 e. The van der Waals surface area contributed by atoms with E-state index in [4.69, 9.17) is 4.74 Å². The Bertz CT molecular complexity index is 978. The van der Waals surface area contributed by atoms with Crippen molar-refractivity contribution in [1.29, 1.82) is 0 Å². The van der Waals surface area contributed by atoms with Gasteiger partial charge in [0.05, 0.1) is 4.90 Å². The van der Waals surface area contributed by atoms with E-state index in [1.165, 1.54) is 12.1 Å². The summed E-state index contributed by atoms with van der Waals surface area (Å²) in [5, 5.41) is 0. The molecule has 2 rings (SSSR count). The van der Waals surface area contributed by atoms with Crippen molar-refractivity contribution in [1.82, 2.24) is 15.6 Å². The zero-order valence-corrected chi connectivity index (χ0v) is 18.4. The van der Waals surface area contributed by atoms with E-state index in [9.17, 15) is 18.0 Å². The van der Waals surface area contributed by atoms with E-state index < -0.39 is 21.8 Å². The van der Waals surface area contributed by atoms with Crippen molar-refractivity contribution in [3.8, 4) is 5.75 Å². The van der Waals surface area contributed by atoms with Crippen LogP contribution in [0.1, 0.15) is 17.5 Å². The van der Waals surface area contributed by atoms with Gasteiger partial charge in [0.15, 0.2) is 6.61 Å². The molecular formula is C19H22BrN3O5S. The summed E-state index contributed by atoms with van der Waals surface area (Å²) >= 11 is 3.23. The first-order valence-electron chi connectivity index (χ1n) is 8.70. The van der Waals surface area contributed by atoms with E-state index in [2.05, 4.69) is 31.5 Å². The maximum atomic E-state index is 12.1. The second kappa shape index (κ2) is 10.4. The second-order valence-corrected chi connectivity index (χ2v) is 8.94. The molecule has 0 heterocycles. The Kier molecular flexibility index (Phi) is 8.18. The summed E-state index contributed by atoms with van der Waals surface area (Å²) in [5.74, 6) is -0.480. The van der Waals surface area contributed by atoms with E-state index in [0.29, 0.717) is 5.75 Å². The van der Waals surface area contributed by atoms with Crippen molar-refractivity contribution in [3.05, 3.63) is 58.1 Å². The molecule has 0 aliphatic heterocycles. The Labute approximate surface area is 178 Å². The lowest BCUT2D eigenvalue weighted by Gasteiger charge is -2.11. The van der Waals surface area contributed by atoms with E-state index in [1.807, 2.05) is 32.0 Å². The molecule has 0 aromatic heterocycles. The Morgan fingerprint density at radius 2 is 1.66 bits per heavy atom. The first kappa shape index (κ1) is 22.9. The van der Waals surface area contributed by atoms with Crippen LogP contribution >= 0.6 is 15.9 Å². The van der Waals surface area contributed by atoms with Crippen LogP contribution in [0, 0.1) is 13.8 Å². The SMILES string of the molecule is Cc1ccc(C)c(OCC(=O)NNC(=O)CCNS(=O)(=O)c2ccc(Br)cc2)c1. The van der Waals surface area contributed by atoms with Crippen molar-refractivity contribution >= 4 is 37.8 Å². The first-order chi connectivity index (χ1) is 13.7. The summed E-state index contributed by atoms with van der Waals surface area (Å²) in [6, 6.07) is 11.8. The second-order valence-electron chi connectivity index (χ2n) is 6.26. The molecule has 0 fully saturated rings. The Morgan fingerprint density at radius 3 is 2.34 bits per heavy atom. The molecule has 0 bridgehead atoms. The van der Waals surface area contributed by atoms with Crippen LogP contribution in [-0.4, -0.2) is 33.4 Å². The third-order valence-electron chi connectivity index (χ3n) is 3.81. The highest BCUT2D eigenvalue weighted by molar-refractivity contribution is 9.10. The quantitative estimate of drug-likeness (QED) is 0.496. The third kappa shape index (κ3) is 7.48. The van der Waals surface area contributed by atoms with Crippen LogP contribution in [-0.2, 0) is 19.6 Å². The predicted octanol–water partition coefficient (Wildman–Crippen LogP) is 1.96. The molecule has 10 heteroatoms. The van der Waals surface area contributed by atoms with Gasteiger partial charge in [0.25, 0.3) is 5.91 Å². The van der Waals surface area contributed by atoms with E-state index in [-0.39, 0.29) is 24.5 Å². The summed E-state index contributed by atoms with van der Waals surface area (Å²) < 4.78 is 32.8. The lowest BCUT2D eigenvalue weighted by atomic mass is 10.1. The summed E-state index contributed by atoms with van der Waals surface area (Å²) in [6.45, 7) is 3.40. The largest absolute Gasteiger partial charge is 0.483 e. The highest BCUT2D eigenvalue weighted by Crippen LogP contribution is 2.18. The van der Waals surface area contributed by atoms with Crippen LogP contribution in [0.25, 0.3) is 0 Å². The highest BCUT2D eigenvalue weighted by Gasteiger charge is 2.14. The van der Waals surface area contributed by atoms with Crippen molar-refractivity contribution in [2.45, 2.75) is 25.2 Å². The number of carbonyl (C=O) groups excluding carboxylic acids is 2. The van der Waals surface area contributed by atoms with Gasteiger partial charge in [-0.3, -0.25) is 20.4 Å². The van der Waals surface area contributed by atoms with Gasteiger partial charge in [0.1, 0.15) is 5.75 Å². The number of nitrogens with one attached hydrogen (secondary N) is 3. The number of rotatable bonds is 8. The number of aryl methyl sites for hydroxylation is 2. The Hall–Kier alpha value is -2.43. The summed E-state index contributed by atoms with van der Waals surface area (Å²) in [6.07, 6.45) is -0.145. The molecule has 0 aliphatic rings. The van der Waals surface area contributed by atoms with Crippen LogP contribution in [0.2, 0.25) is 0 Å². The topological polar surface area (TPSA) is 114 Å². The minimum atomic E-state index is -3.71. The van der Waals surface area contributed by atoms with Crippen LogP contribution in [0.4, 0.5) is 0 Å². The van der Waals surface area contributed by atoms with Crippen LogP contribution < -0.4 is 20.3 Å². The maximum Gasteiger partial charge on any atom is 0.276 e. The van der Waals surface area contributed by atoms with Gasteiger partial charge in [-0.15, -0.1) is 0 Å². The first-order valence-corrected chi connectivity index (χ1v) is 11.0. The molecule has 0 aliphatic carbocycles. The molecule has 0 spiro atoms. The monoisotopic (exact) mass is 483 g/mol. The predicted molar refractivity (Wildman–Crippen MR) is 112 cm³/mol. The molecule has 2 aromatic rings. The maximum absolute atomic E-state index is 12.1. The lowest BCUT2D eigenvalue weighted by Crippen LogP contribution is -2.44. The van der Waals surface area contributed by atoms with E-state index in [0.717, 1.165) is 15.6 Å². The highest BCUT2D eigenvalue weighted by atomic mass is 79.9. The molecule has 29 heavy (non-hydrogen) atoms. The average molecular weight is 484 g/mol. The Balaban J connectivity index is 1.70. The summed E-state index contributed by atoms with van der Waals surface area (Å²) in [4.78, 5) is 23.7. The summed E-state index contributed by atoms with van der Waals surface area (Å²) in [5.41, 5.74) is 6.34. The van der Waals surface area contributed by atoms with Crippen molar-refractivity contribution < 1.29 is 22.7 Å². The fourth-order valence-electron chi connectivity index (χ4n) is 2.24. The number of carbonyl (C=O) groups is 2. The van der Waals surface area contributed by atoms with Gasteiger partial charge in [0, 0.05) is 17.4 Å². The summed E-state index contributed by atoms with van der Waals surface area (Å²) in [7, 11) is -3.71. The number of hydrazine groups is 1. The molecule has 2 aromatic carbocycles. The lowest BCUT2D eigenvalue weighted by molar-refractivity contribution is -0.129. The molecular weight excluding hydrogens is 462 g/mol. The van der Waals surface area contributed by atoms with E-state index >= 15 is 0 Å². The molecule has 8 nitrogen and oxygen atoms in total. The fraction of sp³-hybridized carbons (Fsp3) is 0.263. The van der Waals surface area contributed by atoms with E-state index in [1.54, 1.807) is 12.1 Å². The van der Waals surface area contributed by atoms with Crippen molar-refractivity contribution in [2.24, 2.45) is 0 Å². The number of benzene rings is 2. The number of amides is 2. The number of sulfonamides is 1. The molecule has 156 valence electrons. The normalized spacial score (nSPS) is 11.0. The average Bonchev–Trinajstić information content (AvgIpc) is 2.67. The van der Waals surface area contributed by atoms with Gasteiger partial charge in [-0.05, 0) is 55.3 Å². The zero-order valence-electron chi connectivity index (χ0n) is 16.0. The molecule has 0 unspecified atom stereocenters. The van der Waals surface area contributed by atoms with Gasteiger partial charge in [-0.2, -0.15) is 0 Å². The number of hydrogen-bond acceptors (Lipinski definition) is 5. The molecule has 0 saturated carbocycles. The molecule has 2 amide bonds. The number of ether oxygens (including phenoxy) is 1. The van der Waals surface area contributed by atoms with Gasteiger partial charge < -0.3 is 4.74 Å².